The predicted octanol–water partition coefficient (Wildman–Crippen LogP) is -0.357. The minimum absolute atomic E-state index is 0.214. The first-order valence-electron chi connectivity index (χ1n) is 5.30. The molecule has 0 fully saturated rings. The van der Waals surface area contributed by atoms with Crippen LogP contribution in [0.1, 0.15) is 10.4 Å². The van der Waals surface area contributed by atoms with Gasteiger partial charge in [0.2, 0.25) is 6.23 Å². The topological polar surface area (TPSA) is 124 Å². The van der Waals surface area contributed by atoms with E-state index in [1.54, 1.807) is 6.07 Å². The molecule has 1 heterocycles. The Hall–Kier alpha value is -2.61. The number of aliphatic carboxylic acids is 1. The molecule has 0 radical (unpaired) electrons. The SMILES string of the molecule is COC(NC(=O)c1ccc2[nH]c(=O)[nH]c2c1)C(=O)O. The van der Waals surface area contributed by atoms with Crippen LogP contribution in [0.5, 0.6) is 0 Å². The molecule has 1 atom stereocenters. The van der Waals surface area contributed by atoms with Crippen molar-refractivity contribution < 1.29 is 19.4 Å². The molecule has 8 nitrogen and oxygen atoms in total. The van der Waals surface area contributed by atoms with Gasteiger partial charge in [0.1, 0.15) is 0 Å². The Morgan fingerprint density at radius 3 is 2.63 bits per heavy atom. The lowest BCUT2D eigenvalue weighted by Gasteiger charge is -2.12. The third kappa shape index (κ3) is 2.63. The first kappa shape index (κ1) is 12.8. The highest BCUT2D eigenvalue weighted by atomic mass is 16.5. The summed E-state index contributed by atoms with van der Waals surface area (Å²) in [6.07, 6.45) is -1.42. The number of imidazole rings is 1. The fourth-order valence-electron chi connectivity index (χ4n) is 1.60. The molecule has 0 saturated heterocycles. The zero-order chi connectivity index (χ0) is 14.0. The van der Waals surface area contributed by atoms with Gasteiger partial charge in [0, 0.05) is 12.7 Å². The molecule has 0 spiro atoms. The minimum atomic E-state index is -1.42. The molecule has 0 saturated carbocycles. The Bertz CT molecular complexity index is 687. The van der Waals surface area contributed by atoms with Gasteiger partial charge in [-0.25, -0.2) is 9.59 Å². The fraction of sp³-hybridized carbons (Fsp3) is 0.182. The van der Waals surface area contributed by atoms with Crippen LogP contribution in [0.2, 0.25) is 0 Å². The van der Waals surface area contributed by atoms with Crippen LogP contribution in [0.15, 0.2) is 23.0 Å². The number of nitrogens with one attached hydrogen (secondary N) is 3. The van der Waals surface area contributed by atoms with E-state index in [4.69, 9.17) is 5.11 Å². The Kier molecular flexibility index (Phi) is 3.34. The Morgan fingerprint density at radius 1 is 1.32 bits per heavy atom. The van der Waals surface area contributed by atoms with E-state index >= 15 is 0 Å². The number of ether oxygens (including phenoxy) is 1. The third-order valence-electron chi connectivity index (χ3n) is 2.50. The Morgan fingerprint density at radius 2 is 2.00 bits per heavy atom. The van der Waals surface area contributed by atoms with E-state index in [0.29, 0.717) is 11.0 Å². The number of hydrogen-bond donors (Lipinski definition) is 4. The number of methoxy groups -OCH3 is 1. The average molecular weight is 265 g/mol. The van der Waals surface area contributed by atoms with Crippen LogP contribution in [0, 0.1) is 0 Å². The number of carbonyl (C=O) groups excluding carboxylic acids is 1. The summed E-state index contributed by atoms with van der Waals surface area (Å²) >= 11 is 0. The second-order valence-electron chi connectivity index (χ2n) is 3.77. The van der Waals surface area contributed by atoms with Gasteiger partial charge in [0.15, 0.2) is 0 Å². The molecular weight excluding hydrogens is 254 g/mol. The molecule has 100 valence electrons. The summed E-state index contributed by atoms with van der Waals surface area (Å²) in [6, 6.07) is 4.46. The first-order valence-corrected chi connectivity index (χ1v) is 5.30. The molecule has 1 amide bonds. The number of aromatic nitrogens is 2. The van der Waals surface area contributed by atoms with Crippen LogP contribution in [0.25, 0.3) is 11.0 Å². The van der Waals surface area contributed by atoms with Crippen molar-refractivity contribution in [3.05, 3.63) is 34.2 Å². The number of H-pyrrole nitrogens is 2. The molecule has 0 aliphatic heterocycles. The van der Waals surface area contributed by atoms with Crippen LogP contribution in [0.4, 0.5) is 0 Å². The molecule has 19 heavy (non-hydrogen) atoms. The van der Waals surface area contributed by atoms with Gasteiger partial charge in [0.25, 0.3) is 5.91 Å². The second-order valence-corrected chi connectivity index (χ2v) is 3.77. The fourth-order valence-corrected chi connectivity index (χ4v) is 1.60. The molecule has 1 aromatic heterocycles. The summed E-state index contributed by atoms with van der Waals surface area (Å²) in [5, 5.41) is 10.9. The van der Waals surface area contributed by atoms with Crippen LogP contribution >= 0.6 is 0 Å². The highest BCUT2D eigenvalue weighted by molar-refractivity contribution is 5.98. The quantitative estimate of drug-likeness (QED) is 0.562. The smallest absolute Gasteiger partial charge is 0.354 e. The normalized spacial score (nSPS) is 12.3. The number of carboxylic acid groups (broad SMARTS) is 1. The van der Waals surface area contributed by atoms with Gasteiger partial charge in [-0.3, -0.25) is 4.79 Å². The Balaban J connectivity index is 2.25. The summed E-state index contributed by atoms with van der Waals surface area (Å²) < 4.78 is 4.60. The lowest BCUT2D eigenvalue weighted by atomic mass is 10.2. The van der Waals surface area contributed by atoms with E-state index in [1.807, 2.05) is 0 Å². The summed E-state index contributed by atoms with van der Waals surface area (Å²) in [5.41, 5.74) is 0.851. The zero-order valence-electron chi connectivity index (χ0n) is 9.89. The van der Waals surface area contributed by atoms with E-state index in [1.165, 1.54) is 19.2 Å². The van der Waals surface area contributed by atoms with Gasteiger partial charge in [-0.15, -0.1) is 0 Å². The van der Waals surface area contributed by atoms with Crippen LogP contribution < -0.4 is 11.0 Å². The number of fused-ring (bicyclic) bond motifs is 1. The van der Waals surface area contributed by atoms with Crippen molar-refractivity contribution in [3.8, 4) is 0 Å². The van der Waals surface area contributed by atoms with Crippen molar-refractivity contribution >= 4 is 22.9 Å². The molecule has 1 aromatic carbocycles. The first-order chi connectivity index (χ1) is 9.01. The van der Waals surface area contributed by atoms with Gasteiger partial charge >= 0.3 is 11.7 Å². The largest absolute Gasteiger partial charge is 0.478 e. The number of hydrogen-bond acceptors (Lipinski definition) is 4. The zero-order valence-corrected chi connectivity index (χ0v) is 9.89. The van der Waals surface area contributed by atoms with Crippen LogP contribution in [-0.2, 0) is 9.53 Å². The molecule has 4 N–H and O–H groups in total. The average Bonchev–Trinajstić information content (AvgIpc) is 2.74. The number of aromatic amines is 2. The molecular formula is C11H11N3O5. The van der Waals surface area contributed by atoms with Gasteiger partial charge < -0.3 is 25.1 Å². The van der Waals surface area contributed by atoms with Crippen molar-refractivity contribution in [2.75, 3.05) is 7.11 Å². The maximum Gasteiger partial charge on any atom is 0.354 e. The predicted molar refractivity (Wildman–Crippen MR) is 64.8 cm³/mol. The second kappa shape index (κ2) is 4.94. The molecule has 8 heteroatoms. The molecule has 0 bridgehead atoms. The van der Waals surface area contributed by atoms with Gasteiger partial charge in [-0.2, -0.15) is 0 Å². The molecule has 2 aromatic rings. The monoisotopic (exact) mass is 265 g/mol. The maximum absolute atomic E-state index is 11.8. The molecule has 0 aliphatic carbocycles. The lowest BCUT2D eigenvalue weighted by molar-refractivity contribution is -0.149. The van der Waals surface area contributed by atoms with E-state index < -0.39 is 18.1 Å². The van der Waals surface area contributed by atoms with E-state index in [2.05, 4.69) is 20.0 Å². The number of carboxylic acids is 1. The summed E-state index contributed by atoms with van der Waals surface area (Å²) in [6.45, 7) is 0. The van der Waals surface area contributed by atoms with E-state index in [9.17, 15) is 14.4 Å². The molecule has 0 aliphatic rings. The maximum atomic E-state index is 11.8. The van der Waals surface area contributed by atoms with Crippen molar-refractivity contribution in [3.63, 3.8) is 0 Å². The standard InChI is InChI=1S/C11H11N3O5/c1-19-9(10(16)17)14-8(15)5-2-3-6-7(4-5)13-11(18)12-6/h2-4,9H,1H3,(H,14,15)(H,16,17)(H2,12,13,18). The summed E-state index contributed by atoms with van der Waals surface area (Å²) in [5.74, 6) is -1.91. The highest BCUT2D eigenvalue weighted by Gasteiger charge is 2.19. The number of rotatable bonds is 4. The van der Waals surface area contributed by atoms with E-state index in [-0.39, 0.29) is 11.3 Å². The van der Waals surface area contributed by atoms with Crippen molar-refractivity contribution in [2.45, 2.75) is 6.23 Å². The van der Waals surface area contributed by atoms with Gasteiger partial charge in [-0.1, -0.05) is 0 Å². The van der Waals surface area contributed by atoms with Gasteiger partial charge in [0.05, 0.1) is 11.0 Å². The van der Waals surface area contributed by atoms with Crippen molar-refractivity contribution in [1.82, 2.24) is 15.3 Å². The number of benzene rings is 1. The molecule has 1 unspecified atom stereocenters. The molecule has 2 rings (SSSR count). The lowest BCUT2D eigenvalue weighted by Crippen LogP contribution is -2.42. The van der Waals surface area contributed by atoms with Crippen molar-refractivity contribution in [1.29, 1.82) is 0 Å². The van der Waals surface area contributed by atoms with Crippen LogP contribution in [-0.4, -0.2) is 40.3 Å². The number of carbonyl (C=O) groups is 2. The third-order valence-corrected chi connectivity index (χ3v) is 2.50. The minimum Gasteiger partial charge on any atom is -0.478 e. The van der Waals surface area contributed by atoms with Crippen LogP contribution in [0.3, 0.4) is 0 Å². The van der Waals surface area contributed by atoms with E-state index in [0.717, 1.165) is 0 Å². The van der Waals surface area contributed by atoms with Gasteiger partial charge in [-0.05, 0) is 18.2 Å². The summed E-state index contributed by atoms with van der Waals surface area (Å²) in [4.78, 5) is 38.6. The highest BCUT2D eigenvalue weighted by Crippen LogP contribution is 2.10. The Labute approximate surface area is 106 Å². The van der Waals surface area contributed by atoms with Crippen molar-refractivity contribution in [2.24, 2.45) is 0 Å². The summed E-state index contributed by atoms with van der Waals surface area (Å²) in [7, 11) is 1.17. The number of amides is 1.